The number of nitrogens with one attached hydrogen (secondary N) is 1. The minimum atomic E-state index is -0.826. The van der Waals surface area contributed by atoms with Crippen LogP contribution in [0, 0.1) is 0 Å². The molecule has 3 unspecified atom stereocenters. The maximum absolute atomic E-state index is 11.9. The topological polar surface area (TPSA) is 72.2 Å². The Bertz CT molecular complexity index is 423. The molecular formula is C14H22N2O2S. The molecule has 0 saturated carbocycles. The molecule has 0 radical (unpaired) electrons. The highest BCUT2D eigenvalue weighted by Gasteiger charge is 2.16. The van der Waals surface area contributed by atoms with Gasteiger partial charge in [-0.2, -0.15) is 0 Å². The summed E-state index contributed by atoms with van der Waals surface area (Å²) in [6.45, 7) is 1.90. The van der Waals surface area contributed by atoms with Gasteiger partial charge in [-0.05, 0) is 25.3 Å². The first-order chi connectivity index (χ1) is 8.99. The lowest BCUT2D eigenvalue weighted by Gasteiger charge is -2.17. The molecule has 3 N–H and O–H groups in total. The maximum Gasteiger partial charge on any atom is 0.237 e. The first-order valence-corrected chi connectivity index (χ1v) is 8.11. The van der Waals surface area contributed by atoms with Crippen molar-refractivity contribution in [1.82, 2.24) is 5.32 Å². The summed E-state index contributed by atoms with van der Waals surface area (Å²) in [4.78, 5) is 11.9. The predicted octanol–water partition coefficient (Wildman–Crippen LogP) is 0.830. The van der Waals surface area contributed by atoms with Crippen molar-refractivity contribution in [2.75, 3.05) is 12.0 Å². The summed E-state index contributed by atoms with van der Waals surface area (Å²) < 4.78 is 11.0. The normalized spacial score (nSPS) is 15.5. The molecule has 0 heterocycles. The van der Waals surface area contributed by atoms with Gasteiger partial charge in [0.2, 0.25) is 5.91 Å². The molecule has 0 aliphatic rings. The van der Waals surface area contributed by atoms with Crippen molar-refractivity contribution in [1.29, 1.82) is 0 Å². The predicted molar refractivity (Wildman–Crippen MR) is 79.3 cm³/mol. The summed E-state index contributed by atoms with van der Waals surface area (Å²) in [5, 5.41) is 2.86. The first-order valence-electron chi connectivity index (χ1n) is 6.39. The number of hydrogen-bond donors (Lipinski definition) is 2. The number of nitrogens with two attached hydrogens (primary N) is 1. The van der Waals surface area contributed by atoms with Crippen molar-refractivity contribution in [2.24, 2.45) is 5.73 Å². The summed E-state index contributed by atoms with van der Waals surface area (Å²) in [6, 6.07) is 9.16. The van der Waals surface area contributed by atoms with Crippen LogP contribution in [-0.4, -0.2) is 34.2 Å². The molecular weight excluding hydrogens is 260 g/mol. The average Bonchev–Trinajstić information content (AvgIpc) is 2.37. The zero-order valence-corrected chi connectivity index (χ0v) is 12.3. The quantitative estimate of drug-likeness (QED) is 0.778. The fraction of sp³-hybridized carbons (Fsp3) is 0.500. The molecule has 0 aromatic heterocycles. The average molecular weight is 282 g/mol. The molecule has 19 heavy (non-hydrogen) atoms. The molecule has 1 aromatic carbocycles. The van der Waals surface area contributed by atoms with E-state index < -0.39 is 16.8 Å². The standard InChI is InChI=1S/C14H22N2O2S/c1-11(8-9-19(2)18)16-14(17)13(15)10-12-6-4-3-5-7-12/h3-7,11,13H,8-10,15H2,1-2H3,(H,16,17). The smallest absolute Gasteiger partial charge is 0.237 e. The summed E-state index contributed by atoms with van der Waals surface area (Å²) >= 11 is 0. The van der Waals surface area contributed by atoms with E-state index in [0.717, 1.165) is 5.56 Å². The van der Waals surface area contributed by atoms with Gasteiger partial charge in [-0.3, -0.25) is 9.00 Å². The number of rotatable bonds is 7. The van der Waals surface area contributed by atoms with Gasteiger partial charge >= 0.3 is 0 Å². The van der Waals surface area contributed by atoms with Crippen molar-refractivity contribution in [3.8, 4) is 0 Å². The summed E-state index contributed by atoms with van der Waals surface area (Å²) in [5.41, 5.74) is 6.93. The number of carbonyl (C=O) groups is 1. The van der Waals surface area contributed by atoms with Gasteiger partial charge in [0.1, 0.15) is 0 Å². The molecule has 0 spiro atoms. The number of hydrogen-bond acceptors (Lipinski definition) is 3. The highest BCUT2D eigenvalue weighted by Crippen LogP contribution is 2.02. The Labute approximate surface area is 117 Å². The monoisotopic (exact) mass is 282 g/mol. The molecule has 0 fully saturated rings. The Morgan fingerprint density at radius 3 is 2.58 bits per heavy atom. The molecule has 0 bridgehead atoms. The van der Waals surface area contributed by atoms with Crippen LogP contribution >= 0.6 is 0 Å². The van der Waals surface area contributed by atoms with E-state index in [4.69, 9.17) is 5.73 Å². The van der Waals surface area contributed by atoms with Gasteiger partial charge in [-0.1, -0.05) is 30.3 Å². The third-order valence-corrected chi connectivity index (χ3v) is 3.67. The van der Waals surface area contributed by atoms with Crippen molar-refractivity contribution >= 4 is 16.7 Å². The van der Waals surface area contributed by atoms with E-state index in [9.17, 15) is 9.00 Å². The molecule has 0 aliphatic carbocycles. The van der Waals surface area contributed by atoms with Crippen LogP contribution in [0.15, 0.2) is 30.3 Å². The van der Waals surface area contributed by atoms with Crippen LogP contribution in [0.2, 0.25) is 0 Å². The van der Waals surface area contributed by atoms with Gasteiger partial charge in [-0.15, -0.1) is 0 Å². The number of amides is 1. The lowest BCUT2D eigenvalue weighted by atomic mass is 10.1. The minimum absolute atomic E-state index is 0.00165. The SMILES string of the molecule is CC(CCS(C)=O)NC(=O)C(N)Cc1ccccc1. The third-order valence-electron chi connectivity index (χ3n) is 2.86. The Morgan fingerprint density at radius 1 is 1.37 bits per heavy atom. The van der Waals surface area contributed by atoms with Gasteiger partial charge in [-0.25, -0.2) is 0 Å². The van der Waals surface area contributed by atoms with Crippen LogP contribution in [0.4, 0.5) is 0 Å². The zero-order chi connectivity index (χ0) is 14.3. The van der Waals surface area contributed by atoms with Crippen LogP contribution in [0.3, 0.4) is 0 Å². The lowest BCUT2D eigenvalue weighted by molar-refractivity contribution is -0.122. The van der Waals surface area contributed by atoms with Crippen molar-refractivity contribution < 1.29 is 9.00 Å². The van der Waals surface area contributed by atoms with Crippen LogP contribution < -0.4 is 11.1 Å². The van der Waals surface area contributed by atoms with Crippen LogP contribution in [-0.2, 0) is 22.0 Å². The lowest BCUT2D eigenvalue weighted by Crippen LogP contribution is -2.45. The van der Waals surface area contributed by atoms with Gasteiger partial charge in [0.15, 0.2) is 0 Å². The zero-order valence-electron chi connectivity index (χ0n) is 11.5. The third kappa shape index (κ3) is 6.50. The van der Waals surface area contributed by atoms with Gasteiger partial charge in [0.25, 0.3) is 0 Å². The largest absolute Gasteiger partial charge is 0.352 e. The van der Waals surface area contributed by atoms with E-state index in [1.807, 2.05) is 37.3 Å². The fourth-order valence-corrected chi connectivity index (χ4v) is 2.41. The number of carbonyl (C=O) groups excluding carboxylic acids is 1. The minimum Gasteiger partial charge on any atom is -0.352 e. The summed E-state index contributed by atoms with van der Waals surface area (Å²) in [6.07, 6.45) is 2.89. The molecule has 106 valence electrons. The van der Waals surface area contributed by atoms with E-state index in [1.165, 1.54) is 0 Å². The van der Waals surface area contributed by atoms with Gasteiger partial charge in [0, 0.05) is 28.9 Å². The summed E-state index contributed by atoms with van der Waals surface area (Å²) in [7, 11) is -0.826. The molecule has 5 heteroatoms. The van der Waals surface area contributed by atoms with Crippen LogP contribution in [0.5, 0.6) is 0 Å². The van der Waals surface area contributed by atoms with E-state index >= 15 is 0 Å². The van der Waals surface area contributed by atoms with Gasteiger partial charge in [0.05, 0.1) is 6.04 Å². The second kappa shape index (κ2) is 8.07. The Hall–Kier alpha value is -1.20. The van der Waals surface area contributed by atoms with Crippen molar-refractivity contribution in [3.05, 3.63) is 35.9 Å². The second-order valence-corrected chi connectivity index (χ2v) is 6.33. The van der Waals surface area contributed by atoms with Crippen molar-refractivity contribution in [3.63, 3.8) is 0 Å². The van der Waals surface area contributed by atoms with E-state index in [0.29, 0.717) is 18.6 Å². The number of benzene rings is 1. The first kappa shape index (κ1) is 15.9. The van der Waals surface area contributed by atoms with Crippen LogP contribution in [0.25, 0.3) is 0 Å². The molecule has 0 saturated heterocycles. The summed E-state index contributed by atoms with van der Waals surface area (Å²) in [5.74, 6) is 0.438. The maximum atomic E-state index is 11.9. The van der Waals surface area contributed by atoms with Crippen molar-refractivity contribution in [2.45, 2.75) is 31.8 Å². The highest BCUT2D eigenvalue weighted by atomic mass is 32.2. The van der Waals surface area contributed by atoms with E-state index in [2.05, 4.69) is 5.32 Å². The second-order valence-electron chi connectivity index (χ2n) is 4.77. The Morgan fingerprint density at radius 2 is 2.00 bits per heavy atom. The highest BCUT2D eigenvalue weighted by molar-refractivity contribution is 7.84. The van der Waals surface area contributed by atoms with E-state index in [-0.39, 0.29) is 11.9 Å². The van der Waals surface area contributed by atoms with Gasteiger partial charge < -0.3 is 11.1 Å². The fourth-order valence-electron chi connectivity index (χ4n) is 1.73. The molecule has 1 aromatic rings. The molecule has 0 aliphatic heterocycles. The molecule has 3 atom stereocenters. The Kier molecular flexibility index (Phi) is 6.73. The molecule has 4 nitrogen and oxygen atoms in total. The van der Waals surface area contributed by atoms with Crippen LogP contribution in [0.1, 0.15) is 18.9 Å². The van der Waals surface area contributed by atoms with E-state index in [1.54, 1.807) is 6.26 Å². The molecule has 1 rings (SSSR count). The Balaban J connectivity index is 2.38. The molecule has 1 amide bonds.